The van der Waals surface area contributed by atoms with Gasteiger partial charge in [-0.3, -0.25) is 10.1 Å². The number of thiazole rings is 1. The molecule has 1 amide bonds. The van der Waals surface area contributed by atoms with Crippen LogP contribution in [-0.2, 0) is 0 Å². The summed E-state index contributed by atoms with van der Waals surface area (Å²) in [6, 6.07) is 7.30. The van der Waals surface area contributed by atoms with E-state index < -0.39 is 0 Å². The van der Waals surface area contributed by atoms with Gasteiger partial charge in [0.25, 0.3) is 5.91 Å². The second kappa shape index (κ2) is 5.58. The lowest BCUT2D eigenvalue weighted by Gasteiger charge is -1.97. The first-order chi connectivity index (χ1) is 10.1. The summed E-state index contributed by atoms with van der Waals surface area (Å²) in [5, 5.41) is 16.8. The number of benzene rings is 1. The highest BCUT2D eigenvalue weighted by atomic mass is 35.5. The van der Waals surface area contributed by atoms with Crippen molar-refractivity contribution in [1.29, 1.82) is 0 Å². The minimum absolute atomic E-state index is 0.195. The number of nitrogens with zero attached hydrogens (tertiary/aromatic N) is 4. The summed E-state index contributed by atoms with van der Waals surface area (Å²) >= 11 is 7.16. The molecule has 2 aromatic heterocycles. The Bertz CT molecular complexity index is 768. The van der Waals surface area contributed by atoms with Gasteiger partial charge in [0.1, 0.15) is 9.88 Å². The number of hydrogen-bond acceptors (Lipinski definition) is 6. The van der Waals surface area contributed by atoms with E-state index in [4.69, 9.17) is 11.6 Å². The predicted molar refractivity (Wildman–Crippen MR) is 79.4 cm³/mol. The number of aromatic amines is 1. The Labute approximate surface area is 128 Å². The number of hydrogen-bond donors (Lipinski definition) is 2. The van der Waals surface area contributed by atoms with Crippen LogP contribution < -0.4 is 5.32 Å². The van der Waals surface area contributed by atoms with Gasteiger partial charge in [-0.15, -0.1) is 11.3 Å². The van der Waals surface area contributed by atoms with Gasteiger partial charge in [0.2, 0.25) is 5.95 Å². The first-order valence-electron chi connectivity index (χ1n) is 5.92. The van der Waals surface area contributed by atoms with Crippen LogP contribution in [0.25, 0.3) is 10.6 Å². The first-order valence-corrected chi connectivity index (χ1v) is 7.11. The molecular weight excluding hydrogens is 312 g/mol. The molecule has 3 rings (SSSR count). The van der Waals surface area contributed by atoms with Gasteiger partial charge in [0.15, 0.2) is 0 Å². The Hall–Kier alpha value is -2.32. The molecule has 0 spiro atoms. The van der Waals surface area contributed by atoms with Gasteiger partial charge in [-0.1, -0.05) is 28.8 Å². The van der Waals surface area contributed by atoms with Gasteiger partial charge < -0.3 is 0 Å². The summed E-state index contributed by atoms with van der Waals surface area (Å²) in [6.07, 6.45) is 0. The number of carbonyl (C=O) groups is 1. The molecule has 2 heterocycles. The van der Waals surface area contributed by atoms with Crippen LogP contribution in [0.5, 0.6) is 0 Å². The molecule has 0 aliphatic carbocycles. The minimum Gasteiger partial charge on any atom is -0.289 e. The lowest BCUT2D eigenvalue weighted by molar-refractivity contribution is 0.102. The molecule has 21 heavy (non-hydrogen) atoms. The summed E-state index contributed by atoms with van der Waals surface area (Å²) in [6.45, 7) is 1.78. The van der Waals surface area contributed by atoms with Crippen LogP contribution in [0.15, 0.2) is 24.3 Å². The standard InChI is InChI=1S/C12H9ClN6OS/c1-6-9(10(20)15-12-16-18-19-17-12)21-11(14-6)7-2-4-8(13)5-3-7/h2-5H,1H3,(H2,15,16,17,18,19,20). The maximum atomic E-state index is 12.2. The summed E-state index contributed by atoms with van der Waals surface area (Å²) in [5.41, 5.74) is 1.56. The lowest BCUT2D eigenvalue weighted by Crippen LogP contribution is -2.12. The molecule has 0 aliphatic rings. The van der Waals surface area contributed by atoms with E-state index in [1.165, 1.54) is 11.3 Å². The smallest absolute Gasteiger partial charge is 0.270 e. The van der Waals surface area contributed by atoms with Crippen LogP contribution in [0.3, 0.4) is 0 Å². The predicted octanol–water partition coefficient (Wildman–Crippen LogP) is 2.54. The zero-order valence-corrected chi connectivity index (χ0v) is 12.4. The molecule has 106 valence electrons. The number of H-pyrrole nitrogens is 1. The summed E-state index contributed by atoms with van der Waals surface area (Å²) in [7, 11) is 0. The Balaban J connectivity index is 1.87. The zero-order chi connectivity index (χ0) is 14.8. The van der Waals surface area contributed by atoms with Crippen molar-refractivity contribution in [3.63, 3.8) is 0 Å². The van der Waals surface area contributed by atoms with Crippen LogP contribution in [0.4, 0.5) is 5.95 Å². The number of rotatable bonds is 3. The van der Waals surface area contributed by atoms with Crippen molar-refractivity contribution in [3.05, 3.63) is 39.9 Å². The van der Waals surface area contributed by atoms with Crippen molar-refractivity contribution in [2.45, 2.75) is 6.92 Å². The molecule has 0 fully saturated rings. The first kappa shape index (κ1) is 13.7. The van der Waals surface area contributed by atoms with E-state index in [0.29, 0.717) is 15.6 Å². The third-order valence-electron chi connectivity index (χ3n) is 2.67. The van der Waals surface area contributed by atoms with Crippen LogP contribution in [0.2, 0.25) is 5.02 Å². The van der Waals surface area contributed by atoms with Crippen LogP contribution in [0.1, 0.15) is 15.4 Å². The third-order valence-corrected chi connectivity index (χ3v) is 4.13. The van der Waals surface area contributed by atoms with E-state index in [9.17, 15) is 4.79 Å². The normalized spacial score (nSPS) is 10.6. The quantitative estimate of drug-likeness (QED) is 0.773. The van der Waals surface area contributed by atoms with Gasteiger partial charge >= 0.3 is 0 Å². The van der Waals surface area contributed by atoms with E-state index in [1.54, 1.807) is 19.1 Å². The number of tetrazole rings is 1. The van der Waals surface area contributed by atoms with Crippen LogP contribution in [-0.4, -0.2) is 31.5 Å². The van der Waals surface area contributed by atoms with E-state index in [2.05, 4.69) is 30.9 Å². The van der Waals surface area contributed by atoms with E-state index >= 15 is 0 Å². The second-order valence-corrected chi connectivity index (χ2v) is 5.58. The van der Waals surface area contributed by atoms with Crippen LogP contribution in [0, 0.1) is 6.92 Å². The molecule has 0 saturated carbocycles. The van der Waals surface area contributed by atoms with Gasteiger partial charge in [-0.25, -0.2) is 10.1 Å². The highest BCUT2D eigenvalue weighted by molar-refractivity contribution is 7.17. The molecule has 0 saturated heterocycles. The number of amides is 1. The fraction of sp³-hybridized carbons (Fsp3) is 0.0833. The average molecular weight is 321 g/mol. The van der Waals surface area contributed by atoms with Crippen molar-refractivity contribution in [1.82, 2.24) is 25.6 Å². The second-order valence-electron chi connectivity index (χ2n) is 4.14. The van der Waals surface area contributed by atoms with Crippen molar-refractivity contribution < 1.29 is 4.79 Å². The van der Waals surface area contributed by atoms with Crippen molar-refractivity contribution >= 4 is 34.8 Å². The number of halogens is 1. The number of aryl methyl sites for hydroxylation is 1. The number of anilines is 1. The number of carbonyl (C=O) groups excluding carboxylic acids is 1. The monoisotopic (exact) mass is 320 g/mol. The van der Waals surface area contributed by atoms with Crippen molar-refractivity contribution in [2.75, 3.05) is 5.32 Å². The minimum atomic E-state index is -0.302. The largest absolute Gasteiger partial charge is 0.289 e. The summed E-state index contributed by atoms with van der Waals surface area (Å²) in [5.74, 6) is -0.107. The highest BCUT2D eigenvalue weighted by Gasteiger charge is 2.17. The fourth-order valence-corrected chi connectivity index (χ4v) is 2.79. The molecule has 0 atom stereocenters. The van der Waals surface area contributed by atoms with Crippen LogP contribution >= 0.6 is 22.9 Å². The SMILES string of the molecule is Cc1nc(-c2ccc(Cl)cc2)sc1C(=O)Nc1nnn[nH]1. The van der Waals surface area contributed by atoms with Crippen molar-refractivity contribution in [2.24, 2.45) is 0 Å². The van der Waals surface area contributed by atoms with Gasteiger partial charge in [0.05, 0.1) is 5.69 Å². The third kappa shape index (κ3) is 2.91. The molecule has 1 aromatic carbocycles. The Morgan fingerprint density at radius 2 is 2.10 bits per heavy atom. The Morgan fingerprint density at radius 1 is 1.33 bits per heavy atom. The number of nitrogens with one attached hydrogen (secondary N) is 2. The molecule has 9 heteroatoms. The van der Waals surface area contributed by atoms with E-state index in [-0.39, 0.29) is 11.9 Å². The van der Waals surface area contributed by atoms with Gasteiger partial charge in [0, 0.05) is 10.6 Å². The van der Waals surface area contributed by atoms with Gasteiger partial charge in [-0.2, -0.15) is 0 Å². The zero-order valence-electron chi connectivity index (χ0n) is 10.8. The van der Waals surface area contributed by atoms with E-state index in [1.807, 2.05) is 12.1 Å². The molecule has 0 aliphatic heterocycles. The molecule has 3 aromatic rings. The Kier molecular flexibility index (Phi) is 3.63. The Morgan fingerprint density at radius 3 is 2.76 bits per heavy atom. The summed E-state index contributed by atoms with van der Waals surface area (Å²) < 4.78 is 0. The summed E-state index contributed by atoms with van der Waals surface area (Å²) in [4.78, 5) is 17.1. The molecule has 0 unspecified atom stereocenters. The maximum Gasteiger partial charge on any atom is 0.270 e. The molecule has 7 nitrogen and oxygen atoms in total. The topological polar surface area (TPSA) is 96.5 Å². The maximum absolute atomic E-state index is 12.2. The highest BCUT2D eigenvalue weighted by Crippen LogP contribution is 2.29. The molecule has 0 radical (unpaired) electrons. The number of aromatic nitrogens is 5. The van der Waals surface area contributed by atoms with Gasteiger partial charge in [-0.05, 0) is 29.5 Å². The molecule has 0 bridgehead atoms. The molecular formula is C12H9ClN6OS. The fourth-order valence-electron chi connectivity index (χ4n) is 1.70. The van der Waals surface area contributed by atoms with Crippen molar-refractivity contribution in [3.8, 4) is 10.6 Å². The lowest BCUT2D eigenvalue weighted by atomic mass is 10.2. The molecule has 2 N–H and O–H groups in total. The van der Waals surface area contributed by atoms with E-state index in [0.717, 1.165) is 10.6 Å². The average Bonchev–Trinajstić information content (AvgIpc) is 3.09.